The highest BCUT2D eigenvalue weighted by Gasteiger charge is 2.36. The Bertz CT molecular complexity index is 4080. The fraction of sp³-hybridized carbons (Fsp3) is 0.322. The first-order valence-corrected chi connectivity index (χ1v) is 27.8. The van der Waals surface area contributed by atoms with Gasteiger partial charge in [-0.05, 0) is 81.8 Å². The number of likely N-dealkylation sites (tertiary alicyclic amines) is 1. The van der Waals surface area contributed by atoms with Gasteiger partial charge in [0.15, 0.2) is 11.6 Å². The Morgan fingerprint density at radius 3 is 1.91 bits per heavy atom. The molecule has 5 saturated heterocycles. The number of anilines is 2. The van der Waals surface area contributed by atoms with E-state index >= 15 is 8.78 Å². The maximum atomic E-state index is 17.6. The summed E-state index contributed by atoms with van der Waals surface area (Å²) in [5, 5.41) is 12.1. The first kappa shape index (κ1) is 48.6. The smallest absolute Gasteiger partial charge is 0.319 e. The molecular formula is C59H52Cl2F2N14O2. The second-order valence-electron chi connectivity index (χ2n) is 21.7. The molecule has 15 rings (SSSR count). The van der Waals surface area contributed by atoms with E-state index in [1.54, 1.807) is 43.1 Å². The Morgan fingerprint density at radius 2 is 1.25 bits per heavy atom. The van der Waals surface area contributed by atoms with Crippen LogP contribution in [0, 0.1) is 11.6 Å². The molecule has 79 heavy (non-hydrogen) atoms. The number of hydrogen-bond donors (Lipinski definition) is 2. The molecule has 2 N–H and O–H groups in total. The SMILES string of the molecule is CN1CCC[C@H]1COc1nc(N2CC3CCC(C2)N3)c2cnc(-c3cncc4c(-c5ccc(COc6nc(N7CC8CCC(C7)N8)c7cnc(-c8cccc9cccc(Cl)c89)c(F)c7n6)c6nccn56)ccc(Cl)c34)c(F)c2n1. The summed E-state index contributed by atoms with van der Waals surface area (Å²) in [6, 6.07) is 20.5. The number of ether oxygens (including phenoxy) is 2. The predicted molar refractivity (Wildman–Crippen MR) is 302 cm³/mol. The molecule has 0 amide bonds. The van der Waals surface area contributed by atoms with Gasteiger partial charge in [-0.1, -0.05) is 59.6 Å². The van der Waals surface area contributed by atoms with Gasteiger partial charge in [-0.2, -0.15) is 19.9 Å². The Labute approximate surface area is 462 Å². The fourth-order valence-corrected chi connectivity index (χ4v) is 13.6. The molecule has 0 aliphatic carbocycles. The molecular weight excluding hydrogens is 1050 g/mol. The zero-order chi connectivity index (χ0) is 53.0. The minimum absolute atomic E-state index is 0.0163. The van der Waals surface area contributed by atoms with Gasteiger partial charge in [0.25, 0.3) is 0 Å². The maximum absolute atomic E-state index is 17.6. The van der Waals surface area contributed by atoms with Crippen LogP contribution in [0.5, 0.6) is 12.0 Å². The van der Waals surface area contributed by atoms with Crippen LogP contribution in [0.15, 0.2) is 97.8 Å². The standard InChI is InChI=1S/C59H52Cl2F2N14O2/c1-74-19-4-7-37(74)30-79-59-71-54-43(57(73-59)76-27-35-13-14-36(28-76)69-35)24-67-52(50(54)63)41-22-64-21-40-38(15-16-45(61)48(40)41)46-17-10-32(55-65-18-20-77(46)55)29-78-58-70-53-42(56(72-58)75-25-33-11-12-34(26-75)68-33)23-66-51(49(53)62)39-8-2-5-31-6-3-9-44(60)47(31)39/h2-3,5-6,8-10,15-18,20-24,33-37,68-69H,4,7,11-14,19,25-30H2,1H3/t33?,34?,35?,36?,37-/m0/s1. The van der Waals surface area contributed by atoms with Crippen LogP contribution in [0.1, 0.15) is 44.1 Å². The lowest BCUT2D eigenvalue weighted by Gasteiger charge is -2.34. The van der Waals surface area contributed by atoms with Gasteiger partial charge in [0.2, 0.25) is 0 Å². The van der Waals surface area contributed by atoms with Crippen LogP contribution in [-0.4, -0.2) is 126 Å². The lowest BCUT2D eigenvalue weighted by atomic mass is 9.98. The van der Waals surface area contributed by atoms with E-state index in [9.17, 15) is 0 Å². The van der Waals surface area contributed by atoms with Crippen molar-refractivity contribution < 1.29 is 18.3 Å². The van der Waals surface area contributed by atoms with Crippen LogP contribution in [0.2, 0.25) is 10.0 Å². The zero-order valence-corrected chi connectivity index (χ0v) is 44.5. The maximum Gasteiger partial charge on any atom is 0.319 e. The summed E-state index contributed by atoms with van der Waals surface area (Å²) in [5.74, 6) is -0.0238. The molecule has 0 radical (unpaired) electrons. The Kier molecular flexibility index (Phi) is 11.9. The molecule has 5 atom stereocenters. The highest BCUT2D eigenvalue weighted by atomic mass is 35.5. The second kappa shape index (κ2) is 19.4. The van der Waals surface area contributed by atoms with Crippen molar-refractivity contribution in [2.75, 3.05) is 56.2 Å². The van der Waals surface area contributed by atoms with Crippen molar-refractivity contribution in [1.82, 2.24) is 59.8 Å². The molecule has 0 saturated carbocycles. The summed E-state index contributed by atoms with van der Waals surface area (Å²) < 4.78 is 49.6. The summed E-state index contributed by atoms with van der Waals surface area (Å²) in [4.78, 5) is 45.1. The molecule has 4 bridgehead atoms. The van der Waals surface area contributed by atoms with Gasteiger partial charge in [0, 0.05) is 142 Å². The van der Waals surface area contributed by atoms with Crippen LogP contribution < -0.4 is 29.9 Å². The van der Waals surface area contributed by atoms with Gasteiger partial charge in [0.1, 0.15) is 52.9 Å². The highest BCUT2D eigenvalue weighted by Crippen LogP contribution is 2.43. The van der Waals surface area contributed by atoms with Gasteiger partial charge in [0.05, 0.1) is 16.5 Å². The van der Waals surface area contributed by atoms with E-state index < -0.39 is 11.6 Å². The first-order valence-electron chi connectivity index (χ1n) is 27.1. The van der Waals surface area contributed by atoms with Crippen molar-refractivity contribution in [1.29, 1.82) is 0 Å². The normalized spacial score (nSPS) is 21.2. The van der Waals surface area contributed by atoms with Gasteiger partial charge >= 0.3 is 12.0 Å². The van der Waals surface area contributed by atoms with E-state index in [2.05, 4.69) is 37.4 Å². The molecule has 16 nitrogen and oxygen atoms in total. The Hall–Kier alpha value is -7.48. The Balaban J connectivity index is 0.781. The quantitative estimate of drug-likeness (QED) is 0.126. The molecule has 20 heteroatoms. The van der Waals surface area contributed by atoms with E-state index in [0.717, 1.165) is 80.4 Å². The third kappa shape index (κ3) is 8.40. The van der Waals surface area contributed by atoms with E-state index in [1.165, 1.54) is 0 Å². The van der Waals surface area contributed by atoms with E-state index in [-0.39, 0.29) is 59.2 Å². The summed E-state index contributed by atoms with van der Waals surface area (Å²) >= 11 is 13.9. The lowest BCUT2D eigenvalue weighted by molar-refractivity contribution is 0.188. The number of nitrogens with one attached hydrogen (secondary N) is 2. The number of halogens is 4. The third-order valence-corrected chi connectivity index (χ3v) is 17.5. The number of imidazole rings is 1. The number of hydrogen-bond acceptors (Lipinski definition) is 15. The number of aromatic nitrogens is 9. The number of benzene rings is 3. The third-order valence-electron chi connectivity index (χ3n) is 16.9. The fourth-order valence-electron chi connectivity index (χ4n) is 13.0. The zero-order valence-electron chi connectivity index (χ0n) is 43.0. The average molecular weight is 1100 g/mol. The molecule has 5 aliphatic rings. The van der Waals surface area contributed by atoms with Gasteiger partial charge in [-0.15, -0.1) is 0 Å². The van der Waals surface area contributed by atoms with Crippen molar-refractivity contribution in [2.45, 2.75) is 75.3 Å². The Morgan fingerprint density at radius 1 is 0.620 bits per heavy atom. The lowest BCUT2D eigenvalue weighted by Crippen LogP contribution is -2.51. The van der Waals surface area contributed by atoms with Crippen LogP contribution in [0.25, 0.3) is 82.8 Å². The second-order valence-corrected chi connectivity index (χ2v) is 22.5. The molecule has 398 valence electrons. The summed E-state index contributed by atoms with van der Waals surface area (Å²) in [6.45, 7) is 4.30. The first-order chi connectivity index (χ1) is 38.7. The molecule has 3 aromatic carbocycles. The summed E-state index contributed by atoms with van der Waals surface area (Å²) in [6.07, 6.45) is 16.6. The van der Waals surface area contributed by atoms with Crippen molar-refractivity contribution in [2.24, 2.45) is 0 Å². The van der Waals surface area contributed by atoms with Gasteiger partial charge < -0.3 is 34.8 Å². The monoisotopic (exact) mass is 1100 g/mol. The number of fused-ring (bicyclic) bond motifs is 9. The topological polar surface area (TPSA) is 160 Å². The van der Waals surface area contributed by atoms with Crippen molar-refractivity contribution >= 4 is 83.8 Å². The number of pyridine rings is 4. The minimum Gasteiger partial charge on any atom is -0.462 e. The molecule has 4 unspecified atom stereocenters. The van der Waals surface area contributed by atoms with Crippen LogP contribution in [-0.2, 0) is 6.61 Å². The molecule has 0 spiro atoms. The number of nitrogens with zero attached hydrogens (tertiary/aromatic N) is 12. The van der Waals surface area contributed by atoms with Crippen LogP contribution in [0.4, 0.5) is 20.4 Å². The van der Waals surface area contributed by atoms with E-state index in [4.69, 9.17) is 67.6 Å². The molecule has 10 aromatic rings. The predicted octanol–water partition coefficient (Wildman–Crippen LogP) is 10.2. The highest BCUT2D eigenvalue weighted by molar-refractivity contribution is 6.37. The number of rotatable bonds is 11. The average Bonchev–Trinajstić information content (AvgIpc) is 4.38. The summed E-state index contributed by atoms with van der Waals surface area (Å²) in [5.41, 5.74) is 4.28. The minimum atomic E-state index is -0.614. The van der Waals surface area contributed by atoms with Crippen molar-refractivity contribution in [3.8, 4) is 45.8 Å². The van der Waals surface area contributed by atoms with Crippen LogP contribution in [0.3, 0.4) is 0 Å². The number of likely N-dealkylation sites (N-methyl/N-ethyl adjacent to an activating group) is 1. The molecule has 5 fully saturated rings. The van der Waals surface area contributed by atoms with Gasteiger partial charge in [-0.25, -0.2) is 13.8 Å². The largest absolute Gasteiger partial charge is 0.462 e. The van der Waals surface area contributed by atoms with E-state index in [1.807, 2.05) is 59.1 Å². The molecule has 12 heterocycles. The summed E-state index contributed by atoms with van der Waals surface area (Å²) in [7, 11) is 2.09. The van der Waals surface area contributed by atoms with Crippen LogP contribution >= 0.6 is 23.2 Å². The molecule has 5 aliphatic heterocycles. The van der Waals surface area contributed by atoms with Crippen molar-refractivity contribution in [3.63, 3.8) is 0 Å². The molecule has 7 aromatic heterocycles. The number of piperazine rings is 2. The van der Waals surface area contributed by atoms with Gasteiger partial charge in [-0.3, -0.25) is 19.4 Å². The van der Waals surface area contributed by atoms with Crippen molar-refractivity contribution in [3.05, 3.63) is 125 Å². The van der Waals surface area contributed by atoms with E-state index in [0.29, 0.717) is 97.2 Å².